The number of ether oxygens (including phenoxy) is 2. The molecule has 2 aliphatic heterocycles. The molecule has 1 amide bonds. The summed E-state index contributed by atoms with van der Waals surface area (Å²) in [5, 5.41) is 1.24. The molecule has 33 heavy (non-hydrogen) atoms. The average Bonchev–Trinajstić information content (AvgIpc) is 3.51. The fraction of sp³-hybridized carbons (Fsp3) is 0.462. The molecule has 0 spiro atoms. The van der Waals surface area contributed by atoms with E-state index in [1.807, 2.05) is 40.5 Å². The molecule has 1 aromatic heterocycles. The first-order chi connectivity index (χ1) is 16.2. The van der Waals surface area contributed by atoms with Crippen LogP contribution >= 0.6 is 11.3 Å². The van der Waals surface area contributed by atoms with Crippen molar-refractivity contribution in [2.45, 2.75) is 37.6 Å². The van der Waals surface area contributed by atoms with Gasteiger partial charge in [-0.3, -0.25) is 9.69 Å². The summed E-state index contributed by atoms with van der Waals surface area (Å²) in [6.45, 7) is 3.18. The van der Waals surface area contributed by atoms with E-state index in [0.29, 0.717) is 12.5 Å². The maximum absolute atomic E-state index is 13.3. The molecular formula is C26H31N3O3S. The number of thiazole rings is 1. The van der Waals surface area contributed by atoms with E-state index in [1.54, 1.807) is 14.2 Å². The third-order valence-electron chi connectivity index (χ3n) is 6.98. The average molecular weight is 466 g/mol. The molecule has 3 aromatic rings. The number of aromatic nitrogens is 1. The summed E-state index contributed by atoms with van der Waals surface area (Å²) in [4.78, 5) is 22.5. The molecule has 2 aromatic carbocycles. The summed E-state index contributed by atoms with van der Waals surface area (Å²) in [5.41, 5.74) is 2.17. The molecule has 3 heterocycles. The number of hydrogen-bond acceptors (Lipinski definition) is 6. The number of amides is 1. The van der Waals surface area contributed by atoms with E-state index in [4.69, 9.17) is 14.5 Å². The molecule has 6 nitrogen and oxygen atoms in total. The molecule has 0 aliphatic carbocycles. The van der Waals surface area contributed by atoms with Gasteiger partial charge in [0.15, 0.2) is 0 Å². The van der Waals surface area contributed by atoms with Gasteiger partial charge >= 0.3 is 0 Å². The van der Waals surface area contributed by atoms with E-state index in [2.05, 4.69) is 23.1 Å². The van der Waals surface area contributed by atoms with Crippen molar-refractivity contribution in [3.05, 3.63) is 53.0 Å². The minimum absolute atomic E-state index is 0.0682. The summed E-state index contributed by atoms with van der Waals surface area (Å²) in [7, 11) is 3.33. The molecule has 5 rings (SSSR count). The van der Waals surface area contributed by atoms with Gasteiger partial charge in [-0.25, -0.2) is 4.98 Å². The molecular weight excluding hydrogens is 434 g/mol. The highest BCUT2D eigenvalue weighted by molar-refractivity contribution is 7.18. The van der Waals surface area contributed by atoms with Crippen molar-refractivity contribution in [1.29, 1.82) is 0 Å². The molecule has 1 unspecified atom stereocenters. The first-order valence-corrected chi connectivity index (χ1v) is 12.6. The quantitative estimate of drug-likeness (QED) is 0.521. The van der Waals surface area contributed by atoms with Crippen LogP contribution in [0.5, 0.6) is 11.5 Å². The lowest BCUT2D eigenvalue weighted by atomic mass is 9.97. The van der Waals surface area contributed by atoms with Crippen LogP contribution in [0.15, 0.2) is 42.5 Å². The number of rotatable bonds is 6. The van der Waals surface area contributed by atoms with Crippen molar-refractivity contribution in [1.82, 2.24) is 14.8 Å². The summed E-state index contributed by atoms with van der Waals surface area (Å²) in [6.07, 6.45) is 4.10. The lowest BCUT2D eigenvalue weighted by Gasteiger charge is -2.33. The largest absolute Gasteiger partial charge is 0.497 e. The van der Waals surface area contributed by atoms with Gasteiger partial charge in [0, 0.05) is 24.1 Å². The monoisotopic (exact) mass is 465 g/mol. The van der Waals surface area contributed by atoms with Crippen molar-refractivity contribution >= 4 is 27.5 Å². The maximum Gasteiger partial charge on any atom is 0.237 e. The highest BCUT2D eigenvalue weighted by atomic mass is 32.1. The van der Waals surface area contributed by atoms with Crippen LogP contribution in [0.2, 0.25) is 0 Å². The molecule has 2 fully saturated rings. The van der Waals surface area contributed by atoms with E-state index in [9.17, 15) is 4.79 Å². The van der Waals surface area contributed by atoms with Crippen molar-refractivity contribution < 1.29 is 14.3 Å². The van der Waals surface area contributed by atoms with Crippen LogP contribution in [-0.2, 0) is 4.79 Å². The van der Waals surface area contributed by atoms with E-state index in [-0.39, 0.29) is 11.9 Å². The molecule has 7 heteroatoms. The molecule has 0 N–H and O–H groups in total. The lowest BCUT2D eigenvalue weighted by molar-refractivity contribution is -0.133. The second kappa shape index (κ2) is 9.69. The molecule has 0 bridgehead atoms. The zero-order chi connectivity index (χ0) is 22.8. The standard InChI is InChI=1S/C26H31N3O3S/c1-31-19-9-10-20(23(16-19)32-2)22-7-5-13-29(22)25(30)17-28-14-11-18(12-15-28)26-27-21-6-3-4-8-24(21)33-26/h3-4,6,8-10,16,18,22H,5,7,11-15,17H2,1-2H3. The highest BCUT2D eigenvalue weighted by Crippen LogP contribution is 2.39. The summed E-state index contributed by atoms with van der Waals surface area (Å²) < 4.78 is 12.2. The smallest absolute Gasteiger partial charge is 0.237 e. The Morgan fingerprint density at radius 3 is 2.64 bits per heavy atom. The third-order valence-corrected chi connectivity index (χ3v) is 8.18. The number of para-hydroxylation sites is 1. The second-order valence-corrected chi connectivity index (χ2v) is 9.99. The summed E-state index contributed by atoms with van der Waals surface area (Å²) >= 11 is 1.82. The molecule has 0 saturated carbocycles. The van der Waals surface area contributed by atoms with E-state index in [0.717, 1.165) is 67.9 Å². The Balaban J connectivity index is 1.21. The van der Waals surface area contributed by atoms with Crippen LogP contribution in [0.25, 0.3) is 10.2 Å². The number of methoxy groups -OCH3 is 2. The van der Waals surface area contributed by atoms with E-state index >= 15 is 0 Å². The molecule has 0 radical (unpaired) electrons. The van der Waals surface area contributed by atoms with Gasteiger partial charge in [-0.15, -0.1) is 11.3 Å². The maximum atomic E-state index is 13.3. The first-order valence-electron chi connectivity index (χ1n) is 11.8. The molecule has 1 atom stereocenters. The Bertz CT molecular complexity index is 1090. The van der Waals surface area contributed by atoms with Crippen LogP contribution in [0.4, 0.5) is 0 Å². The Labute approximate surface area is 199 Å². The van der Waals surface area contributed by atoms with E-state index in [1.165, 1.54) is 9.71 Å². The molecule has 2 aliphatic rings. The van der Waals surface area contributed by atoms with Gasteiger partial charge in [-0.05, 0) is 63.0 Å². The van der Waals surface area contributed by atoms with Gasteiger partial charge in [-0.2, -0.15) is 0 Å². The normalized spacial score (nSPS) is 19.8. The lowest BCUT2D eigenvalue weighted by Crippen LogP contribution is -2.43. The number of piperidine rings is 1. The van der Waals surface area contributed by atoms with E-state index < -0.39 is 0 Å². The Kier molecular flexibility index (Phi) is 6.51. The third kappa shape index (κ3) is 4.57. The molecule has 174 valence electrons. The number of carbonyl (C=O) groups excluding carboxylic acids is 1. The van der Waals surface area contributed by atoms with Crippen LogP contribution in [0.1, 0.15) is 48.2 Å². The highest BCUT2D eigenvalue weighted by Gasteiger charge is 2.33. The van der Waals surface area contributed by atoms with Gasteiger partial charge in [0.2, 0.25) is 5.91 Å². The Hall–Kier alpha value is -2.64. The number of benzene rings is 2. The van der Waals surface area contributed by atoms with Crippen molar-refractivity contribution in [3.63, 3.8) is 0 Å². The second-order valence-electron chi connectivity index (χ2n) is 8.92. The minimum Gasteiger partial charge on any atom is -0.497 e. The van der Waals surface area contributed by atoms with Gasteiger partial charge < -0.3 is 14.4 Å². The predicted octanol–water partition coefficient (Wildman–Crippen LogP) is 4.86. The zero-order valence-electron chi connectivity index (χ0n) is 19.3. The topological polar surface area (TPSA) is 54.9 Å². The first kappa shape index (κ1) is 22.2. The van der Waals surface area contributed by atoms with Gasteiger partial charge in [-0.1, -0.05) is 12.1 Å². The van der Waals surface area contributed by atoms with Crippen LogP contribution in [0, 0.1) is 0 Å². The van der Waals surface area contributed by atoms with Crippen molar-refractivity contribution in [2.75, 3.05) is 40.4 Å². The fourth-order valence-corrected chi connectivity index (χ4v) is 6.30. The minimum atomic E-state index is 0.0682. The van der Waals surface area contributed by atoms with Crippen LogP contribution < -0.4 is 9.47 Å². The number of nitrogens with zero attached hydrogens (tertiary/aromatic N) is 3. The van der Waals surface area contributed by atoms with Gasteiger partial charge in [0.25, 0.3) is 0 Å². The van der Waals surface area contributed by atoms with Gasteiger partial charge in [0.1, 0.15) is 11.5 Å². The number of likely N-dealkylation sites (tertiary alicyclic amines) is 2. The van der Waals surface area contributed by atoms with Crippen molar-refractivity contribution in [3.8, 4) is 11.5 Å². The Morgan fingerprint density at radius 1 is 1.06 bits per heavy atom. The summed E-state index contributed by atoms with van der Waals surface area (Å²) in [6, 6.07) is 14.3. The number of fused-ring (bicyclic) bond motifs is 1. The SMILES string of the molecule is COc1ccc(C2CCCN2C(=O)CN2CCC(c3nc4ccccc4s3)CC2)c(OC)c1. The predicted molar refractivity (Wildman–Crippen MR) is 131 cm³/mol. The number of hydrogen-bond donors (Lipinski definition) is 0. The van der Waals surface area contributed by atoms with Gasteiger partial charge in [0.05, 0.1) is 42.0 Å². The van der Waals surface area contributed by atoms with Crippen LogP contribution in [-0.4, -0.2) is 61.1 Å². The Morgan fingerprint density at radius 2 is 1.88 bits per heavy atom. The fourth-order valence-electron chi connectivity index (χ4n) is 5.17. The van der Waals surface area contributed by atoms with Crippen molar-refractivity contribution in [2.24, 2.45) is 0 Å². The number of carbonyl (C=O) groups is 1. The zero-order valence-corrected chi connectivity index (χ0v) is 20.1. The molecule has 2 saturated heterocycles. The van der Waals surface area contributed by atoms with Crippen LogP contribution in [0.3, 0.4) is 0 Å². The summed E-state index contributed by atoms with van der Waals surface area (Å²) in [5.74, 6) is 2.27.